The highest BCUT2D eigenvalue weighted by molar-refractivity contribution is 8.01. The predicted molar refractivity (Wildman–Crippen MR) is 80.3 cm³/mol. The van der Waals surface area contributed by atoms with Crippen molar-refractivity contribution in [3.8, 4) is 0 Å². The van der Waals surface area contributed by atoms with Crippen LogP contribution in [0.25, 0.3) is 10.3 Å². The van der Waals surface area contributed by atoms with Gasteiger partial charge in [0.25, 0.3) is 0 Å². The third kappa shape index (κ3) is 3.22. The molecule has 3 nitrogen and oxygen atoms in total. The number of thiazole rings is 1. The Kier molecular flexibility index (Phi) is 4.59. The SMILES string of the molecule is CC(C)N(CSc1nc2ncccc2s1)C(C)C. The maximum Gasteiger partial charge on any atom is 0.171 e. The van der Waals surface area contributed by atoms with Crippen molar-refractivity contribution in [2.75, 3.05) is 5.88 Å². The number of aromatic nitrogens is 2. The summed E-state index contributed by atoms with van der Waals surface area (Å²) in [5, 5.41) is 0. The van der Waals surface area contributed by atoms with Gasteiger partial charge in [-0.1, -0.05) is 11.8 Å². The van der Waals surface area contributed by atoms with E-state index < -0.39 is 0 Å². The first kappa shape index (κ1) is 13.8. The monoisotopic (exact) mass is 281 g/mol. The van der Waals surface area contributed by atoms with Crippen LogP contribution in [0, 0.1) is 0 Å². The Balaban J connectivity index is 2.05. The van der Waals surface area contributed by atoms with E-state index in [4.69, 9.17) is 0 Å². The Labute approximate surface area is 117 Å². The maximum atomic E-state index is 4.55. The molecule has 0 N–H and O–H groups in total. The van der Waals surface area contributed by atoms with E-state index in [1.165, 1.54) is 4.70 Å². The van der Waals surface area contributed by atoms with Crippen molar-refractivity contribution in [3.05, 3.63) is 18.3 Å². The van der Waals surface area contributed by atoms with Crippen LogP contribution in [0.1, 0.15) is 27.7 Å². The van der Waals surface area contributed by atoms with Crippen molar-refractivity contribution < 1.29 is 0 Å². The molecule has 0 aliphatic heterocycles. The molecule has 0 aromatic carbocycles. The summed E-state index contributed by atoms with van der Waals surface area (Å²) in [7, 11) is 0. The third-order valence-corrected chi connectivity index (χ3v) is 4.98. The lowest BCUT2D eigenvalue weighted by Crippen LogP contribution is -2.36. The van der Waals surface area contributed by atoms with E-state index in [1.54, 1.807) is 29.3 Å². The Hall–Kier alpha value is -0.650. The molecular weight excluding hydrogens is 262 g/mol. The van der Waals surface area contributed by atoms with Crippen molar-refractivity contribution in [1.82, 2.24) is 14.9 Å². The van der Waals surface area contributed by atoms with Gasteiger partial charge in [-0.25, -0.2) is 9.97 Å². The molecular formula is C13H19N3S2. The van der Waals surface area contributed by atoms with E-state index in [0.29, 0.717) is 12.1 Å². The van der Waals surface area contributed by atoms with Crippen molar-refractivity contribution >= 4 is 33.4 Å². The van der Waals surface area contributed by atoms with Gasteiger partial charge < -0.3 is 0 Å². The van der Waals surface area contributed by atoms with Gasteiger partial charge in [0.1, 0.15) is 0 Å². The van der Waals surface area contributed by atoms with Crippen LogP contribution in [0.2, 0.25) is 0 Å². The van der Waals surface area contributed by atoms with Gasteiger partial charge >= 0.3 is 0 Å². The molecule has 0 radical (unpaired) electrons. The number of fused-ring (bicyclic) bond motifs is 1. The van der Waals surface area contributed by atoms with E-state index in [0.717, 1.165) is 15.9 Å². The lowest BCUT2D eigenvalue weighted by atomic mass is 10.2. The third-order valence-electron chi connectivity index (χ3n) is 2.81. The minimum atomic E-state index is 0.560. The van der Waals surface area contributed by atoms with Gasteiger partial charge in [0.2, 0.25) is 0 Å². The molecule has 0 aliphatic rings. The minimum Gasteiger partial charge on any atom is -0.289 e. The van der Waals surface area contributed by atoms with Gasteiger partial charge in [-0.15, -0.1) is 11.3 Å². The lowest BCUT2D eigenvalue weighted by Gasteiger charge is -2.29. The van der Waals surface area contributed by atoms with Crippen molar-refractivity contribution in [2.45, 2.75) is 44.1 Å². The van der Waals surface area contributed by atoms with Gasteiger partial charge in [0.05, 0.1) is 10.6 Å². The molecule has 0 amide bonds. The largest absolute Gasteiger partial charge is 0.289 e. The highest BCUT2D eigenvalue weighted by Gasteiger charge is 2.14. The normalized spacial score (nSPS) is 12.2. The van der Waals surface area contributed by atoms with Crippen LogP contribution < -0.4 is 0 Å². The van der Waals surface area contributed by atoms with Crippen LogP contribution in [-0.2, 0) is 0 Å². The molecule has 2 aromatic rings. The maximum absolute atomic E-state index is 4.55. The highest BCUT2D eigenvalue weighted by atomic mass is 32.2. The molecule has 0 unspecified atom stereocenters. The fourth-order valence-corrected chi connectivity index (χ4v) is 4.16. The summed E-state index contributed by atoms with van der Waals surface area (Å²) in [6, 6.07) is 5.16. The van der Waals surface area contributed by atoms with E-state index in [2.05, 4.69) is 48.6 Å². The Morgan fingerprint density at radius 1 is 1.28 bits per heavy atom. The zero-order valence-corrected chi connectivity index (χ0v) is 12.9. The zero-order chi connectivity index (χ0) is 13.1. The second-order valence-corrected chi connectivity index (χ2v) is 7.00. The number of hydrogen-bond donors (Lipinski definition) is 0. The van der Waals surface area contributed by atoms with Gasteiger partial charge in [-0.05, 0) is 39.8 Å². The number of rotatable bonds is 5. The summed E-state index contributed by atoms with van der Waals surface area (Å²) < 4.78 is 2.27. The average Bonchev–Trinajstić information content (AvgIpc) is 2.70. The molecule has 0 fully saturated rings. The molecule has 2 rings (SSSR count). The molecule has 0 aliphatic carbocycles. The van der Waals surface area contributed by atoms with E-state index in [-0.39, 0.29) is 0 Å². The zero-order valence-electron chi connectivity index (χ0n) is 11.3. The smallest absolute Gasteiger partial charge is 0.171 e. The van der Waals surface area contributed by atoms with E-state index in [1.807, 2.05) is 6.07 Å². The van der Waals surface area contributed by atoms with Crippen LogP contribution in [0.15, 0.2) is 22.7 Å². The lowest BCUT2D eigenvalue weighted by molar-refractivity contribution is 0.211. The molecule has 2 aromatic heterocycles. The van der Waals surface area contributed by atoms with Crippen LogP contribution in [-0.4, -0.2) is 32.8 Å². The Bertz CT molecular complexity index is 467. The average molecular weight is 281 g/mol. The highest BCUT2D eigenvalue weighted by Crippen LogP contribution is 2.29. The second kappa shape index (κ2) is 5.99. The standard InChI is InChI=1S/C13H19N3S2/c1-9(2)16(10(3)4)8-17-13-15-12-11(18-13)6-5-7-14-12/h5-7,9-10H,8H2,1-4H3. The van der Waals surface area contributed by atoms with Gasteiger partial charge in [-0.3, -0.25) is 4.90 Å². The summed E-state index contributed by atoms with van der Waals surface area (Å²) in [5.74, 6) is 0.981. The van der Waals surface area contributed by atoms with Crippen LogP contribution in [0.5, 0.6) is 0 Å². The second-order valence-electron chi connectivity index (χ2n) is 4.78. The van der Waals surface area contributed by atoms with Gasteiger partial charge in [-0.2, -0.15) is 0 Å². The van der Waals surface area contributed by atoms with Crippen LogP contribution in [0.4, 0.5) is 0 Å². The fraction of sp³-hybridized carbons (Fsp3) is 0.538. The molecule has 0 atom stereocenters. The molecule has 0 spiro atoms. The number of nitrogens with zero attached hydrogens (tertiary/aromatic N) is 3. The molecule has 98 valence electrons. The summed E-state index contributed by atoms with van der Waals surface area (Å²) in [6.07, 6.45) is 1.80. The summed E-state index contributed by atoms with van der Waals surface area (Å²) >= 11 is 3.53. The van der Waals surface area contributed by atoms with Crippen LogP contribution in [0.3, 0.4) is 0 Å². The summed E-state index contributed by atoms with van der Waals surface area (Å²) in [5.41, 5.74) is 0.866. The molecule has 0 bridgehead atoms. The molecule has 5 heteroatoms. The number of thioether (sulfide) groups is 1. The van der Waals surface area contributed by atoms with Crippen LogP contribution >= 0.6 is 23.1 Å². The van der Waals surface area contributed by atoms with Gasteiger partial charge in [0.15, 0.2) is 9.99 Å². The molecule has 18 heavy (non-hydrogen) atoms. The topological polar surface area (TPSA) is 29.0 Å². The Morgan fingerprint density at radius 2 is 2.00 bits per heavy atom. The molecule has 0 saturated carbocycles. The first-order chi connectivity index (χ1) is 8.58. The van der Waals surface area contributed by atoms with Crippen molar-refractivity contribution in [3.63, 3.8) is 0 Å². The van der Waals surface area contributed by atoms with E-state index in [9.17, 15) is 0 Å². The Morgan fingerprint density at radius 3 is 2.61 bits per heavy atom. The van der Waals surface area contributed by atoms with Crippen molar-refractivity contribution in [1.29, 1.82) is 0 Å². The van der Waals surface area contributed by atoms with Crippen molar-refractivity contribution in [2.24, 2.45) is 0 Å². The molecule has 2 heterocycles. The van der Waals surface area contributed by atoms with E-state index >= 15 is 0 Å². The predicted octanol–water partition coefficient (Wildman–Crippen LogP) is 3.86. The first-order valence-electron chi connectivity index (χ1n) is 6.18. The minimum absolute atomic E-state index is 0.560. The first-order valence-corrected chi connectivity index (χ1v) is 7.98. The van der Waals surface area contributed by atoms with Gasteiger partial charge in [0, 0.05) is 18.3 Å². The quantitative estimate of drug-likeness (QED) is 0.615. The fourth-order valence-electron chi connectivity index (χ4n) is 1.84. The molecule has 0 saturated heterocycles. The summed E-state index contributed by atoms with van der Waals surface area (Å²) in [6.45, 7) is 8.95. The summed E-state index contributed by atoms with van der Waals surface area (Å²) in [4.78, 5) is 11.3. The number of hydrogen-bond acceptors (Lipinski definition) is 5. The number of pyridine rings is 1.